The van der Waals surface area contributed by atoms with Crippen molar-refractivity contribution < 1.29 is 9.53 Å². The minimum absolute atomic E-state index is 0.327. The number of nitrogens with one attached hydrogen (secondary N) is 1. The second-order valence-corrected chi connectivity index (χ2v) is 4.79. The van der Waals surface area contributed by atoms with Crippen LogP contribution in [0.4, 0.5) is 17.1 Å². The van der Waals surface area contributed by atoms with Gasteiger partial charge in [0.1, 0.15) is 5.70 Å². The molecule has 108 valence electrons. The van der Waals surface area contributed by atoms with Gasteiger partial charge in [0.15, 0.2) is 0 Å². The first-order valence-corrected chi connectivity index (χ1v) is 6.90. The number of nitrogens with zero attached hydrogens (tertiary/aromatic N) is 1. The molecule has 0 amide bonds. The summed E-state index contributed by atoms with van der Waals surface area (Å²) in [6.07, 6.45) is 4.42. The number of rotatable bonds is 3. The van der Waals surface area contributed by atoms with E-state index in [4.69, 9.17) is 10.5 Å². The second kappa shape index (κ2) is 5.36. The van der Waals surface area contributed by atoms with Crippen molar-refractivity contribution in [3.05, 3.63) is 54.0 Å². The number of anilines is 3. The maximum atomic E-state index is 12.2. The van der Waals surface area contributed by atoms with E-state index in [1.807, 2.05) is 47.5 Å². The predicted molar refractivity (Wildman–Crippen MR) is 82.2 cm³/mol. The van der Waals surface area contributed by atoms with Gasteiger partial charge in [0.2, 0.25) is 0 Å². The summed E-state index contributed by atoms with van der Waals surface area (Å²) in [5, 5.41) is 0. The van der Waals surface area contributed by atoms with Gasteiger partial charge in [0.05, 0.1) is 12.3 Å². The van der Waals surface area contributed by atoms with Crippen molar-refractivity contribution in [3.8, 4) is 0 Å². The second-order valence-electron chi connectivity index (χ2n) is 4.79. The number of H-pyrrole nitrogens is 1. The number of nitrogen functional groups attached to an aromatic ring is 1. The summed E-state index contributed by atoms with van der Waals surface area (Å²) >= 11 is 0. The molecule has 2 aromatic rings. The molecule has 1 aliphatic rings. The fourth-order valence-corrected chi connectivity index (χ4v) is 2.51. The number of aromatic amines is 1. The van der Waals surface area contributed by atoms with Crippen molar-refractivity contribution in [1.29, 1.82) is 0 Å². The van der Waals surface area contributed by atoms with Crippen LogP contribution in [0.2, 0.25) is 0 Å². The van der Waals surface area contributed by atoms with Crippen molar-refractivity contribution in [2.45, 2.75) is 13.3 Å². The van der Waals surface area contributed by atoms with Gasteiger partial charge in [-0.2, -0.15) is 0 Å². The summed E-state index contributed by atoms with van der Waals surface area (Å²) in [6.45, 7) is 2.15. The number of hydrogen-bond acceptors (Lipinski definition) is 4. The van der Waals surface area contributed by atoms with Gasteiger partial charge in [-0.05, 0) is 37.3 Å². The number of nitrogens with two attached hydrogens (primary N) is 1. The van der Waals surface area contributed by atoms with Gasteiger partial charge in [0.25, 0.3) is 0 Å². The Balaban J connectivity index is 2.08. The van der Waals surface area contributed by atoms with Crippen LogP contribution >= 0.6 is 0 Å². The fraction of sp³-hybridized carbons (Fsp3) is 0.188. The molecule has 21 heavy (non-hydrogen) atoms. The molecule has 5 nitrogen and oxygen atoms in total. The standard InChI is InChI=1S/C16H17N3O2/c1-2-21-16(20)15-7-6-13-14(8-9-18-13)19(15)12-5-3-4-11(17)10-12/h3-5,7-10,18H,2,6,17H2,1H3. The topological polar surface area (TPSA) is 71.4 Å². The molecule has 1 aromatic carbocycles. The molecule has 0 fully saturated rings. The van der Waals surface area contributed by atoms with Gasteiger partial charge in [-0.3, -0.25) is 0 Å². The molecular formula is C16H17N3O2. The number of benzene rings is 1. The normalized spacial score (nSPS) is 13.6. The van der Waals surface area contributed by atoms with Crippen LogP contribution in [-0.4, -0.2) is 17.6 Å². The van der Waals surface area contributed by atoms with Gasteiger partial charge in [-0.1, -0.05) is 6.07 Å². The SMILES string of the molecule is CCOC(=O)C1=CCc2[nH]ccc2N1c1cccc(N)c1. The number of carbonyl (C=O) groups excluding carboxylic acids is 1. The Morgan fingerprint density at radius 1 is 1.43 bits per heavy atom. The number of allylic oxidation sites excluding steroid dienone is 1. The molecule has 1 aliphatic heterocycles. The molecule has 0 saturated carbocycles. The van der Waals surface area contributed by atoms with Crippen molar-refractivity contribution >= 4 is 23.0 Å². The van der Waals surface area contributed by atoms with E-state index in [1.165, 1.54) is 0 Å². The Kier molecular flexibility index (Phi) is 3.39. The van der Waals surface area contributed by atoms with E-state index in [2.05, 4.69) is 4.98 Å². The Hall–Kier alpha value is -2.69. The van der Waals surface area contributed by atoms with Crippen molar-refractivity contribution in [2.75, 3.05) is 17.2 Å². The van der Waals surface area contributed by atoms with Crippen molar-refractivity contribution in [1.82, 2.24) is 4.98 Å². The molecule has 1 aromatic heterocycles. The van der Waals surface area contributed by atoms with E-state index in [9.17, 15) is 4.79 Å². The van der Waals surface area contributed by atoms with E-state index in [0.29, 0.717) is 24.4 Å². The third-order valence-electron chi connectivity index (χ3n) is 3.40. The highest BCUT2D eigenvalue weighted by Crippen LogP contribution is 2.36. The maximum Gasteiger partial charge on any atom is 0.354 e. The van der Waals surface area contributed by atoms with Crippen LogP contribution in [0.1, 0.15) is 12.6 Å². The summed E-state index contributed by atoms with van der Waals surface area (Å²) in [5.74, 6) is -0.327. The largest absolute Gasteiger partial charge is 0.461 e. The number of ether oxygens (including phenoxy) is 1. The number of esters is 1. The number of fused-ring (bicyclic) bond motifs is 1. The molecule has 0 unspecified atom stereocenters. The highest BCUT2D eigenvalue weighted by Gasteiger charge is 2.27. The summed E-state index contributed by atoms with van der Waals surface area (Å²) in [4.78, 5) is 17.3. The van der Waals surface area contributed by atoms with Crippen LogP contribution in [0.25, 0.3) is 0 Å². The minimum Gasteiger partial charge on any atom is -0.461 e. The zero-order valence-electron chi connectivity index (χ0n) is 11.8. The Morgan fingerprint density at radius 2 is 2.29 bits per heavy atom. The molecule has 0 aliphatic carbocycles. The number of aromatic nitrogens is 1. The molecule has 0 radical (unpaired) electrons. The van der Waals surface area contributed by atoms with E-state index < -0.39 is 0 Å². The first kappa shape index (κ1) is 13.3. The van der Waals surface area contributed by atoms with Crippen LogP contribution in [0, 0.1) is 0 Å². The Labute approximate surface area is 123 Å². The van der Waals surface area contributed by atoms with Crippen molar-refractivity contribution in [3.63, 3.8) is 0 Å². The third-order valence-corrected chi connectivity index (χ3v) is 3.40. The van der Waals surface area contributed by atoms with Crippen LogP contribution in [0.15, 0.2) is 48.3 Å². The number of hydrogen-bond donors (Lipinski definition) is 2. The van der Waals surface area contributed by atoms with Gasteiger partial charge in [0, 0.05) is 29.7 Å². The number of carbonyl (C=O) groups is 1. The first-order chi connectivity index (χ1) is 10.2. The minimum atomic E-state index is -0.327. The maximum absolute atomic E-state index is 12.2. The van der Waals surface area contributed by atoms with Gasteiger partial charge < -0.3 is 20.4 Å². The van der Waals surface area contributed by atoms with Crippen LogP contribution in [0.5, 0.6) is 0 Å². The summed E-state index contributed by atoms with van der Waals surface area (Å²) in [5.41, 5.74) is 9.90. The molecule has 3 N–H and O–H groups in total. The first-order valence-electron chi connectivity index (χ1n) is 6.90. The lowest BCUT2D eigenvalue weighted by molar-refractivity contribution is -0.138. The Morgan fingerprint density at radius 3 is 3.05 bits per heavy atom. The van der Waals surface area contributed by atoms with Crippen LogP contribution < -0.4 is 10.6 Å². The van der Waals surface area contributed by atoms with Gasteiger partial charge in [-0.25, -0.2) is 4.79 Å². The zero-order valence-corrected chi connectivity index (χ0v) is 11.8. The smallest absolute Gasteiger partial charge is 0.354 e. The third kappa shape index (κ3) is 2.38. The average molecular weight is 283 g/mol. The highest BCUT2D eigenvalue weighted by atomic mass is 16.5. The quantitative estimate of drug-likeness (QED) is 0.671. The van der Waals surface area contributed by atoms with Gasteiger partial charge >= 0.3 is 5.97 Å². The van der Waals surface area contributed by atoms with Gasteiger partial charge in [-0.15, -0.1) is 0 Å². The average Bonchev–Trinajstić information content (AvgIpc) is 2.94. The zero-order chi connectivity index (χ0) is 14.8. The molecule has 5 heteroatoms. The highest BCUT2D eigenvalue weighted by molar-refractivity contribution is 5.97. The lowest BCUT2D eigenvalue weighted by Gasteiger charge is -2.29. The molecule has 3 rings (SSSR count). The van der Waals surface area contributed by atoms with E-state index in [0.717, 1.165) is 17.1 Å². The monoisotopic (exact) mass is 283 g/mol. The van der Waals surface area contributed by atoms with Crippen LogP contribution in [0.3, 0.4) is 0 Å². The summed E-state index contributed by atoms with van der Waals surface area (Å²) < 4.78 is 5.16. The molecule has 0 bridgehead atoms. The molecular weight excluding hydrogens is 266 g/mol. The lowest BCUT2D eigenvalue weighted by Crippen LogP contribution is -2.27. The van der Waals surface area contributed by atoms with E-state index in [-0.39, 0.29) is 5.97 Å². The molecule has 0 saturated heterocycles. The molecule has 2 heterocycles. The summed E-state index contributed by atoms with van der Waals surface area (Å²) in [7, 11) is 0. The van der Waals surface area contributed by atoms with Crippen LogP contribution in [-0.2, 0) is 16.0 Å². The summed E-state index contributed by atoms with van der Waals surface area (Å²) in [6, 6.07) is 9.40. The van der Waals surface area contributed by atoms with Crippen molar-refractivity contribution in [2.24, 2.45) is 0 Å². The lowest BCUT2D eigenvalue weighted by atomic mass is 10.1. The molecule has 0 atom stereocenters. The fourth-order valence-electron chi connectivity index (χ4n) is 2.51. The molecule has 0 spiro atoms. The van der Waals surface area contributed by atoms with E-state index in [1.54, 1.807) is 6.92 Å². The Bertz CT molecular complexity index is 703. The van der Waals surface area contributed by atoms with E-state index >= 15 is 0 Å². The predicted octanol–water partition coefficient (Wildman–Crippen LogP) is 2.74.